The van der Waals surface area contributed by atoms with E-state index in [0.29, 0.717) is 5.56 Å². The molecule has 110 valence electrons. The molecule has 0 saturated heterocycles. The molecule has 2 aromatic carbocycles. The van der Waals surface area contributed by atoms with Crippen LogP contribution in [0.25, 0.3) is 0 Å². The number of halogens is 2. The highest BCUT2D eigenvalue weighted by Gasteiger charge is 2.17. The summed E-state index contributed by atoms with van der Waals surface area (Å²) in [6, 6.07) is 13.3. The van der Waals surface area contributed by atoms with Gasteiger partial charge in [-0.2, -0.15) is 0 Å². The Bertz CT molecular complexity index is 735. The molecule has 2 aromatic rings. The van der Waals surface area contributed by atoms with Crippen LogP contribution in [0.2, 0.25) is 0 Å². The number of carbonyl (C=O) groups is 1. The Morgan fingerprint density at radius 2 is 1.33 bits per heavy atom. The fourth-order valence-corrected chi connectivity index (χ4v) is 3.54. The number of rotatable bonds is 5. The van der Waals surface area contributed by atoms with E-state index < -0.39 is 9.84 Å². The summed E-state index contributed by atoms with van der Waals surface area (Å²) in [6.45, 7) is 0. The minimum absolute atomic E-state index is 0.0277. The number of ketones is 1. The lowest BCUT2D eigenvalue weighted by Crippen LogP contribution is -2.11. The van der Waals surface area contributed by atoms with Crippen molar-refractivity contribution in [2.24, 2.45) is 0 Å². The Labute approximate surface area is 140 Å². The maximum Gasteiger partial charge on any atom is 0.178 e. The van der Waals surface area contributed by atoms with Gasteiger partial charge in [-0.05, 0) is 36.4 Å². The quantitative estimate of drug-likeness (QED) is 0.664. The highest BCUT2D eigenvalue weighted by molar-refractivity contribution is 9.10. The van der Waals surface area contributed by atoms with Crippen molar-refractivity contribution in [1.82, 2.24) is 0 Å². The summed E-state index contributed by atoms with van der Waals surface area (Å²) in [5.41, 5.74) is 0.518. The van der Waals surface area contributed by atoms with Gasteiger partial charge in [0.1, 0.15) is 0 Å². The molecule has 0 atom stereocenters. The van der Waals surface area contributed by atoms with Crippen LogP contribution in [-0.2, 0) is 9.84 Å². The predicted molar refractivity (Wildman–Crippen MR) is 89.3 cm³/mol. The van der Waals surface area contributed by atoms with Gasteiger partial charge in [0.15, 0.2) is 15.6 Å². The second-order valence-electron chi connectivity index (χ2n) is 4.45. The molecule has 0 aromatic heterocycles. The maximum atomic E-state index is 12.2. The molecule has 0 bridgehead atoms. The van der Waals surface area contributed by atoms with Crippen molar-refractivity contribution in [2.45, 2.75) is 11.3 Å². The summed E-state index contributed by atoms with van der Waals surface area (Å²) < 4.78 is 26.0. The average molecular weight is 432 g/mol. The minimum atomic E-state index is -3.44. The summed E-state index contributed by atoms with van der Waals surface area (Å²) in [6.07, 6.45) is -0.0277. The SMILES string of the molecule is O=C(CCS(=O)(=O)c1ccc(Br)cc1)c1ccc(Br)cc1. The van der Waals surface area contributed by atoms with Gasteiger partial charge in [0.2, 0.25) is 0 Å². The first-order valence-electron chi connectivity index (χ1n) is 6.15. The van der Waals surface area contributed by atoms with Crippen LogP contribution in [0.4, 0.5) is 0 Å². The van der Waals surface area contributed by atoms with E-state index >= 15 is 0 Å². The monoisotopic (exact) mass is 430 g/mol. The van der Waals surface area contributed by atoms with Gasteiger partial charge in [-0.15, -0.1) is 0 Å². The largest absolute Gasteiger partial charge is 0.294 e. The molecule has 0 unspecified atom stereocenters. The Morgan fingerprint density at radius 3 is 1.86 bits per heavy atom. The van der Waals surface area contributed by atoms with Crippen molar-refractivity contribution < 1.29 is 13.2 Å². The second kappa shape index (κ2) is 6.85. The minimum Gasteiger partial charge on any atom is -0.294 e. The topological polar surface area (TPSA) is 51.2 Å². The van der Waals surface area contributed by atoms with Gasteiger partial charge in [0.25, 0.3) is 0 Å². The molecule has 21 heavy (non-hydrogen) atoms. The first-order valence-corrected chi connectivity index (χ1v) is 9.39. The zero-order chi connectivity index (χ0) is 15.5. The van der Waals surface area contributed by atoms with Crippen LogP contribution >= 0.6 is 31.9 Å². The molecule has 0 aliphatic rings. The third kappa shape index (κ3) is 4.49. The van der Waals surface area contributed by atoms with Gasteiger partial charge < -0.3 is 0 Å². The van der Waals surface area contributed by atoms with Gasteiger partial charge in [0.05, 0.1) is 10.6 Å². The zero-order valence-corrected chi connectivity index (χ0v) is 14.9. The molecule has 3 nitrogen and oxygen atoms in total. The van der Waals surface area contributed by atoms with Crippen molar-refractivity contribution in [2.75, 3.05) is 5.75 Å². The van der Waals surface area contributed by atoms with E-state index in [4.69, 9.17) is 0 Å². The van der Waals surface area contributed by atoms with Gasteiger partial charge in [-0.25, -0.2) is 8.42 Å². The summed E-state index contributed by atoms with van der Waals surface area (Å²) in [4.78, 5) is 12.2. The molecule has 0 heterocycles. The number of carbonyl (C=O) groups excluding carboxylic acids is 1. The number of hydrogen-bond donors (Lipinski definition) is 0. The molecule has 0 saturated carbocycles. The molecule has 0 fully saturated rings. The standard InChI is InChI=1S/C15H12Br2O3S/c16-12-3-1-11(2-4-12)15(18)9-10-21(19,20)14-7-5-13(17)6-8-14/h1-8H,9-10H2. The Hall–Kier alpha value is -0.980. The molecule has 0 aliphatic heterocycles. The summed E-state index contributed by atoms with van der Waals surface area (Å²) in [7, 11) is -3.44. The second-order valence-corrected chi connectivity index (χ2v) is 8.39. The maximum absolute atomic E-state index is 12.2. The molecule has 0 aliphatic carbocycles. The van der Waals surface area contributed by atoms with Crippen LogP contribution in [0.3, 0.4) is 0 Å². The van der Waals surface area contributed by atoms with Crippen LogP contribution in [-0.4, -0.2) is 20.0 Å². The highest BCUT2D eigenvalue weighted by Crippen LogP contribution is 2.18. The molecule has 0 amide bonds. The fourth-order valence-electron chi connectivity index (χ4n) is 1.77. The molecule has 0 N–H and O–H groups in total. The van der Waals surface area contributed by atoms with E-state index in [1.807, 2.05) is 0 Å². The lowest BCUT2D eigenvalue weighted by Gasteiger charge is -2.05. The van der Waals surface area contributed by atoms with E-state index in [9.17, 15) is 13.2 Å². The number of hydrogen-bond acceptors (Lipinski definition) is 3. The van der Waals surface area contributed by atoms with Crippen molar-refractivity contribution in [3.8, 4) is 0 Å². The first kappa shape index (κ1) is 16.4. The number of sulfone groups is 1. The van der Waals surface area contributed by atoms with Crippen LogP contribution in [0, 0.1) is 0 Å². The Balaban J connectivity index is 2.06. The average Bonchev–Trinajstić information content (AvgIpc) is 2.46. The third-order valence-corrected chi connectivity index (χ3v) is 5.73. The van der Waals surface area contributed by atoms with E-state index in [0.717, 1.165) is 8.95 Å². The van der Waals surface area contributed by atoms with Crippen LogP contribution < -0.4 is 0 Å². The number of Topliss-reactive ketones (excluding diaryl/α,β-unsaturated/α-hetero) is 1. The van der Waals surface area contributed by atoms with Crippen LogP contribution in [0.15, 0.2) is 62.4 Å². The lowest BCUT2D eigenvalue weighted by molar-refractivity contribution is 0.0989. The predicted octanol–water partition coefficient (Wildman–Crippen LogP) is 4.26. The fraction of sp³-hybridized carbons (Fsp3) is 0.133. The lowest BCUT2D eigenvalue weighted by atomic mass is 10.1. The smallest absolute Gasteiger partial charge is 0.178 e. The van der Waals surface area contributed by atoms with Gasteiger partial charge in [-0.3, -0.25) is 4.79 Å². The van der Waals surface area contributed by atoms with Crippen molar-refractivity contribution >= 4 is 47.5 Å². The summed E-state index contributed by atoms with van der Waals surface area (Å²) in [5, 5.41) is 0. The molecular weight excluding hydrogens is 420 g/mol. The molecular formula is C15H12Br2O3S. The van der Waals surface area contributed by atoms with E-state index in [1.54, 1.807) is 36.4 Å². The van der Waals surface area contributed by atoms with Gasteiger partial charge in [0, 0.05) is 20.9 Å². The van der Waals surface area contributed by atoms with Crippen LogP contribution in [0.5, 0.6) is 0 Å². The summed E-state index contributed by atoms with van der Waals surface area (Å²) in [5.74, 6) is -0.369. The highest BCUT2D eigenvalue weighted by atomic mass is 79.9. The molecule has 2 rings (SSSR count). The summed E-state index contributed by atoms with van der Waals surface area (Å²) >= 11 is 6.55. The molecule has 6 heteroatoms. The van der Waals surface area contributed by atoms with Crippen molar-refractivity contribution in [1.29, 1.82) is 0 Å². The third-order valence-electron chi connectivity index (χ3n) is 2.94. The normalized spacial score (nSPS) is 11.3. The van der Waals surface area contributed by atoms with E-state index in [2.05, 4.69) is 31.9 Å². The van der Waals surface area contributed by atoms with Crippen molar-refractivity contribution in [3.05, 3.63) is 63.0 Å². The van der Waals surface area contributed by atoms with Gasteiger partial charge >= 0.3 is 0 Å². The Kier molecular flexibility index (Phi) is 5.35. The number of benzene rings is 2. The van der Waals surface area contributed by atoms with E-state index in [1.165, 1.54) is 12.1 Å². The first-order chi connectivity index (χ1) is 9.88. The van der Waals surface area contributed by atoms with Crippen molar-refractivity contribution in [3.63, 3.8) is 0 Å². The van der Waals surface area contributed by atoms with E-state index in [-0.39, 0.29) is 22.9 Å². The van der Waals surface area contributed by atoms with Gasteiger partial charge in [-0.1, -0.05) is 44.0 Å². The molecule has 0 spiro atoms. The zero-order valence-electron chi connectivity index (χ0n) is 10.9. The van der Waals surface area contributed by atoms with Crippen LogP contribution in [0.1, 0.15) is 16.8 Å². The Morgan fingerprint density at radius 1 is 0.857 bits per heavy atom. The molecule has 0 radical (unpaired) electrons.